The third-order valence-corrected chi connectivity index (χ3v) is 5.69. The molecule has 0 saturated carbocycles. The van der Waals surface area contributed by atoms with E-state index in [1.165, 1.54) is 50.2 Å². The van der Waals surface area contributed by atoms with E-state index in [0.717, 1.165) is 6.42 Å². The van der Waals surface area contributed by atoms with Gasteiger partial charge >= 0.3 is 0 Å². The van der Waals surface area contributed by atoms with Gasteiger partial charge in [-0.1, -0.05) is 44.2 Å². The highest BCUT2D eigenvalue weighted by molar-refractivity contribution is 5.81. The summed E-state index contributed by atoms with van der Waals surface area (Å²) in [6.45, 7) is 9.04. The van der Waals surface area contributed by atoms with Gasteiger partial charge in [0.25, 0.3) is 0 Å². The highest BCUT2D eigenvalue weighted by Gasteiger charge is 2.24. The highest BCUT2D eigenvalue weighted by atomic mass is 14.9. The zero-order valence-corrected chi connectivity index (χ0v) is 15.9. The third-order valence-electron chi connectivity index (χ3n) is 5.69. The molecule has 3 aromatic rings. The van der Waals surface area contributed by atoms with E-state index in [9.17, 15) is 0 Å². The number of rotatable bonds is 2. The van der Waals surface area contributed by atoms with Crippen LogP contribution in [0.3, 0.4) is 0 Å². The number of benzene rings is 2. The van der Waals surface area contributed by atoms with Crippen molar-refractivity contribution in [1.29, 1.82) is 0 Å². The summed E-state index contributed by atoms with van der Waals surface area (Å²) in [6.07, 6.45) is 3.36. The lowest BCUT2D eigenvalue weighted by Crippen LogP contribution is -2.32. The Bertz CT molecular complexity index is 980. The summed E-state index contributed by atoms with van der Waals surface area (Å²) in [5, 5.41) is 0. The fourth-order valence-corrected chi connectivity index (χ4v) is 4.28. The van der Waals surface area contributed by atoms with Crippen LogP contribution in [0.5, 0.6) is 0 Å². The Labute approximate surface area is 151 Å². The Kier molecular flexibility index (Phi) is 3.76. The van der Waals surface area contributed by atoms with Gasteiger partial charge in [-0.05, 0) is 65.6 Å². The molecule has 0 saturated heterocycles. The molecule has 0 radical (unpaired) electrons. The van der Waals surface area contributed by atoms with Crippen molar-refractivity contribution in [2.45, 2.75) is 40.0 Å². The van der Waals surface area contributed by atoms with E-state index in [1.54, 1.807) is 0 Å². The van der Waals surface area contributed by atoms with Crippen LogP contribution in [0.15, 0.2) is 48.7 Å². The standard InChI is InChI=1S/C24H26N/c1-15(2)23-14-25(5)24(12-16(23)3)19-10-11-21-20-9-7-6-8-18(20)13-22(21)17(19)4/h6-12,14-15H,13H2,1-5H3/q+1. The van der Waals surface area contributed by atoms with E-state index in [0.29, 0.717) is 5.92 Å². The molecule has 0 unspecified atom stereocenters. The molecule has 1 aliphatic carbocycles. The molecule has 1 heteroatoms. The van der Waals surface area contributed by atoms with Crippen molar-refractivity contribution in [3.05, 3.63) is 76.5 Å². The van der Waals surface area contributed by atoms with Crippen molar-refractivity contribution in [2.24, 2.45) is 7.05 Å². The van der Waals surface area contributed by atoms with Crippen LogP contribution in [0, 0.1) is 13.8 Å². The van der Waals surface area contributed by atoms with E-state index in [2.05, 4.69) is 88.0 Å². The number of fused-ring (bicyclic) bond motifs is 3. The Morgan fingerprint density at radius 2 is 1.64 bits per heavy atom. The molecule has 4 rings (SSSR count). The number of aromatic nitrogens is 1. The van der Waals surface area contributed by atoms with Crippen LogP contribution < -0.4 is 4.57 Å². The van der Waals surface area contributed by atoms with Crippen LogP contribution in [-0.4, -0.2) is 0 Å². The van der Waals surface area contributed by atoms with Gasteiger partial charge in [0.2, 0.25) is 5.69 Å². The molecule has 0 bridgehead atoms. The number of aryl methyl sites for hydroxylation is 2. The van der Waals surface area contributed by atoms with Gasteiger partial charge in [0, 0.05) is 17.2 Å². The largest absolute Gasteiger partial charge is 0.212 e. The van der Waals surface area contributed by atoms with Gasteiger partial charge in [-0.3, -0.25) is 0 Å². The molecular formula is C24H26N+. The molecule has 1 nitrogen and oxygen atoms in total. The molecule has 1 heterocycles. The van der Waals surface area contributed by atoms with Crippen molar-refractivity contribution in [3.8, 4) is 22.4 Å². The van der Waals surface area contributed by atoms with Gasteiger partial charge in [0.15, 0.2) is 6.20 Å². The van der Waals surface area contributed by atoms with Crippen LogP contribution in [-0.2, 0) is 13.5 Å². The SMILES string of the molecule is Cc1cc(-c2ccc3c(c2C)Cc2ccccc2-3)[n+](C)cc1C(C)C. The third kappa shape index (κ3) is 2.50. The van der Waals surface area contributed by atoms with Crippen molar-refractivity contribution < 1.29 is 4.57 Å². The Morgan fingerprint density at radius 1 is 0.920 bits per heavy atom. The second-order valence-electron chi connectivity index (χ2n) is 7.66. The molecule has 0 atom stereocenters. The molecule has 0 spiro atoms. The predicted octanol–water partition coefficient (Wildman–Crippen LogP) is 5.49. The van der Waals surface area contributed by atoms with E-state index in [-0.39, 0.29) is 0 Å². The predicted molar refractivity (Wildman–Crippen MR) is 105 cm³/mol. The van der Waals surface area contributed by atoms with Crippen molar-refractivity contribution in [1.82, 2.24) is 0 Å². The van der Waals surface area contributed by atoms with Gasteiger partial charge < -0.3 is 0 Å². The first-order chi connectivity index (χ1) is 12.0. The van der Waals surface area contributed by atoms with Crippen LogP contribution in [0.25, 0.3) is 22.4 Å². The Hall–Kier alpha value is -2.41. The zero-order chi connectivity index (χ0) is 17.7. The summed E-state index contributed by atoms with van der Waals surface area (Å²) in [5.41, 5.74) is 12.6. The first-order valence-electron chi connectivity index (χ1n) is 9.18. The second-order valence-corrected chi connectivity index (χ2v) is 7.66. The van der Waals surface area contributed by atoms with E-state index >= 15 is 0 Å². The normalized spacial score (nSPS) is 12.4. The summed E-state index contributed by atoms with van der Waals surface area (Å²) < 4.78 is 2.29. The molecule has 1 aromatic heterocycles. The van der Waals surface area contributed by atoms with Crippen LogP contribution in [0.2, 0.25) is 0 Å². The average molecular weight is 328 g/mol. The monoisotopic (exact) mass is 328 g/mol. The lowest BCUT2D eigenvalue weighted by Gasteiger charge is -2.13. The summed E-state index contributed by atoms with van der Waals surface area (Å²) in [4.78, 5) is 0. The van der Waals surface area contributed by atoms with E-state index in [1.807, 2.05) is 0 Å². The van der Waals surface area contributed by atoms with Crippen molar-refractivity contribution >= 4 is 0 Å². The Balaban J connectivity index is 1.87. The first kappa shape index (κ1) is 16.1. The zero-order valence-electron chi connectivity index (χ0n) is 15.9. The fourth-order valence-electron chi connectivity index (χ4n) is 4.28. The number of pyridine rings is 1. The molecule has 0 aliphatic heterocycles. The van der Waals surface area contributed by atoms with Crippen molar-refractivity contribution in [3.63, 3.8) is 0 Å². The molecule has 126 valence electrons. The number of nitrogens with zero attached hydrogens (tertiary/aromatic N) is 1. The maximum absolute atomic E-state index is 2.35. The van der Waals surface area contributed by atoms with Crippen LogP contribution in [0.4, 0.5) is 0 Å². The van der Waals surface area contributed by atoms with Gasteiger partial charge in [-0.25, -0.2) is 4.57 Å². The molecule has 2 aromatic carbocycles. The highest BCUT2D eigenvalue weighted by Crippen LogP contribution is 2.40. The number of hydrogen-bond donors (Lipinski definition) is 0. The average Bonchev–Trinajstić information content (AvgIpc) is 2.97. The van der Waals surface area contributed by atoms with Crippen LogP contribution >= 0.6 is 0 Å². The summed E-state index contributed by atoms with van der Waals surface area (Å²) in [5.74, 6) is 0.552. The molecule has 25 heavy (non-hydrogen) atoms. The van der Waals surface area contributed by atoms with Gasteiger partial charge in [0.1, 0.15) is 7.05 Å². The minimum Gasteiger partial charge on any atom is -0.201 e. The minimum absolute atomic E-state index is 0.552. The van der Waals surface area contributed by atoms with Crippen molar-refractivity contribution in [2.75, 3.05) is 0 Å². The van der Waals surface area contributed by atoms with Crippen LogP contribution in [0.1, 0.15) is 47.6 Å². The Morgan fingerprint density at radius 3 is 2.40 bits per heavy atom. The maximum Gasteiger partial charge on any atom is 0.212 e. The minimum atomic E-state index is 0.552. The molecule has 0 amide bonds. The topological polar surface area (TPSA) is 3.88 Å². The van der Waals surface area contributed by atoms with E-state index in [4.69, 9.17) is 0 Å². The summed E-state index contributed by atoms with van der Waals surface area (Å²) >= 11 is 0. The first-order valence-corrected chi connectivity index (χ1v) is 9.18. The summed E-state index contributed by atoms with van der Waals surface area (Å²) in [6, 6.07) is 15.8. The van der Waals surface area contributed by atoms with Gasteiger partial charge in [0.05, 0.1) is 0 Å². The molecule has 0 N–H and O–H groups in total. The smallest absolute Gasteiger partial charge is 0.201 e. The molecule has 1 aliphatic rings. The molecular weight excluding hydrogens is 302 g/mol. The fraction of sp³-hybridized carbons (Fsp3) is 0.292. The quantitative estimate of drug-likeness (QED) is 0.428. The maximum atomic E-state index is 2.35. The van der Waals surface area contributed by atoms with Gasteiger partial charge in [-0.15, -0.1) is 0 Å². The lowest BCUT2D eigenvalue weighted by molar-refractivity contribution is -0.660. The number of hydrogen-bond acceptors (Lipinski definition) is 0. The summed E-state index contributed by atoms with van der Waals surface area (Å²) in [7, 11) is 2.17. The van der Waals surface area contributed by atoms with Gasteiger partial charge in [-0.2, -0.15) is 0 Å². The lowest BCUT2D eigenvalue weighted by atomic mass is 9.93. The second kappa shape index (κ2) is 5.84. The van der Waals surface area contributed by atoms with E-state index < -0.39 is 0 Å². The molecule has 0 fully saturated rings.